The molecule has 2 heterocycles. The number of fused-ring (bicyclic) bond motifs is 1. The van der Waals surface area contributed by atoms with Gasteiger partial charge in [0.25, 0.3) is 0 Å². The van der Waals surface area contributed by atoms with Gasteiger partial charge in [-0.05, 0) is 54.0 Å². The highest BCUT2D eigenvalue weighted by Gasteiger charge is 2.50. The predicted molar refractivity (Wildman–Crippen MR) is 117 cm³/mol. The Kier molecular flexibility index (Phi) is 5.70. The minimum atomic E-state index is -0.277. The molecule has 2 aromatic rings. The summed E-state index contributed by atoms with van der Waals surface area (Å²) < 4.78 is 0. The lowest BCUT2D eigenvalue weighted by atomic mass is 9.95. The van der Waals surface area contributed by atoms with Crippen molar-refractivity contribution in [3.8, 4) is 0 Å². The number of hydrogen-bond donors (Lipinski definition) is 0. The summed E-state index contributed by atoms with van der Waals surface area (Å²) in [5, 5.41) is 0.485. The van der Waals surface area contributed by atoms with Crippen LogP contribution in [0.4, 0.5) is 4.79 Å². The largest absolute Gasteiger partial charge is 0.327 e. The van der Waals surface area contributed by atoms with Gasteiger partial charge >= 0.3 is 6.03 Å². The minimum Gasteiger partial charge on any atom is -0.306 e. The van der Waals surface area contributed by atoms with Crippen LogP contribution in [0.1, 0.15) is 25.0 Å². The van der Waals surface area contributed by atoms with Gasteiger partial charge in [-0.1, -0.05) is 54.1 Å². The van der Waals surface area contributed by atoms with Crippen molar-refractivity contribution in [2.45, 2.75) is 32.2 Å². The molecule has 2 aliphatic heterocycles. The van der Waals surface area contributed by atoms with Gasteiger partial charge in [0, 0.05) is 18.1 Å². The van der Waals surface area contributed by atoms with Crippen molar-refractivity contribution >= 4 is 35.3 Å². The second-order valence-corrected chi connectivity index (χ2v) is 9.26. The number of hydrogen-bond acceptors (Lipinski definition) is 3. The van der Waals surface area contributed by atoms with Crippen molar-refractivity contribution in [1.82, 2.24) is 9.80 Å². The Bertz CT molecular complexity index is 959. The molecule has 0 aliphatic carbocycles. The zero-order valence-electron chi connectivity index (χ0n) is 16.5. The van der Waals surface area contributed by atoms with Crippen LogP contribution in [0.3, 0.4) is 0 Å². The first-order valence-electron chi connectivity index (χ1n) is 9.70. The number of carbonyl (C=O) groups excluding carboxylic acids is 2. The summed E-state index contributed by atoms with van der Waals surface area (Å²) in [6.07, 6.45) is 0.652. The molecule has 4 rings (SSSR count). The lowest BCUT2D eigenvalue weighted by molar-refractivity contribution is -0.135. The summed E-state index contributed by atoms with van der Waals surface area (Å²) in [6.45, 7) is 4.89. The highest BCUT2D eigenvalue weighted by molar-refractivity contribution is 8.03. The third-order valence-electron chi connectivity index (χ3n) is 5.65. The maximum Gasteiger partial charge on any atom is 0.327 e. The second kappa shape index (κ2) is 8.25. The number of nitrogens with zero attached hydrogens (tertiary/aromatic N) is 2. The third kappa shape index (κ3) is 3.94. The summed E-state index contributed by atoms with van der Waals surface area (Å²) in [6, 6.07) is 17.3. The third-order valence-corrected chi connectivity index (χ3v) is 7.35. The lowest BCUT2D eigenvalue weighted by Gasteiger charge is -2.42. The molecular formula is C23H23ClN2O2S. The normalized spacial score (nSPS) is 21.8. The fraction of sp³-hybridized carbons (Fsp3) is 0.304. The molecule has 29 heavy (non-hydrogen) atoms. The Labute approximate surface area is 180 Å². The fourth-order valence-electron chi connectivity index (χ4n) is 3.89. The summed E-state index contributed by atoms with van der Waals surface area (Å²) in [7, 11) is 0. The van der Waals surface area contributed by atoms with Gasteiger partial charge in [0.1, 0.15) is 0 Å². The monoisotopic (exact) mass is 426 g/mol. The molecule has 2 aliphatic rings. The van der Waals surface area contributed by atoms with Crippen LogP contribution in [0.15, 0.2) is 65.1 Å². The SMILES string of the molecule is CC1=C(C)C2C(=O)N(CCc3ccccc3)C(=O)N(Cc3ccc(Cl)cc3)C2S1. The van der Waals surface area contributed by atoms with E-state index in [0.717, 1.165) is 21.6 Å². The Balaban J connectivity index is 1.60. The summed E-state index contributed by atoms with van der Waals surface area (Å²) in [5.41, 5.74) is 3.19. The van der Waals surface area contributed by atoms with Crippen molar-refractivity contribution in [2.75, 3.05) is 6.54 Å². The van der Waals surface area contributed by atoms with Crippen LogP contribution < -0.4 is 0 Å². The van der Waals surface area contributed by atoms with Gasteiger partial charge in [-0.15, -0.1) is 11.8 Å². The molecule has 0 bridgehead atoms. The number of amides is 3. The van der Waals surface area contributed by atoms with E-state index in [2.05, 4.69) is 0 Å². The number of thioether (sulfide) groups is 1. The molecule has 0 aromatic heterocycles. The number of halogens is 1. The highest BCUT2D eigenvalue weighted by Crippen LogP contribution is 2.47. The Hall–Kier alpha value is -2.24. The average molecular weight is 427 g/mol. The maximum atomic E-state index is 13.4. The molecule has 1 fully saturated rings. The Morgan fingerprint density at radius 3 is 2.34 bits per heavy atom. The molecule has 1 saturated heterocycles. The molecule has 150 valence electrons. The molecule has 0 N–H and O–H groups in total. The molecule has 6 heteroatoms. The second-order valence-electron chi connectivity index (χ2n) is 7.49. The molecule has 0 spiro atoms. The van der Waals surface area contributed by atoms with Gasteiger partial charge in [0.15, 0.2) is 0 Å². The zero-order valence-corrected chi connectivity index (χ0v) is 18.0. The number of allylic oxidation sites excluding steroid dienone is 1. The van der Waals surface area contributed by atoms with Crippen molar-refractivity contribution in [3.63, 3.8) is 0 Å². The molecule has 0 saturated carbocycles. The molecule has 3 amide bonds. The van der Waals surface area contributed by atoms with E-state index in [1.54, 1.807) is 11.8 Å². The summed E-state index contributed by atoms with van der Waals surface area (Å²) >= 11 is 7.63. The van der Waals surface area contributed by atoms with Gasteiger partial charge in [0.05, 0.1) is 11.3 Å². The van der Waals surface area contributed by atoms with Gasteiger partial charge in [-0.25, -0.2) is 4.79 Å². The Morgan fingerprint density at radius 1 is 0.966 bits per heavy atom. The van der Waals surface area contributed by atoms with Crippen LogP contribution in [-0.2, 0) is 17.8 Å². The van der Waals surface area contributed by atoms with E-state index < -0.39 is 0 Å². The fourth-order valence-corrected chi connectivity index (χ4v) is 5.44. The quantitative estimate of drug-likeness (QED) is 0.648. The molecule has 4 nitrogen and oxygen atoms in total. The predicted octanol–water partition coefficient (Wildman–Crippen LogP) is 5.33. The topological polar surface area (TPSA) is 40.6 Å². The highest BCUT2D eigenvalue weighted by atomic mass is 35.5. The van der Waals surface area contributed by atoms with E-state index in [-0.39, 0.29) is 23.2 Å². The number of urea groups is 1. The molecule has 2 aromatic carbocycles. The molecular weight excluding hydrogens is 404 g/mol. The van der Waals surface area contributed by atoms with E-state index in [4.69, 9.17) is 11.6 Å². The smallest absolute Gasteiger partial charge is 0.306 e. The van der Waals surface area contributed by atoms with Gasteiger partial charge in [-0.3, -0.25) is 9.69 Å². The lowest BCUT2D eigenvalue weighted by Crippen LogP contribution is -2.59. The first-order valence-corrected chi connectivity index (χ1v) is 11.0. The van der Waals surface area contributed by atoms with Crippen LogP contribution in [0.5, 0.6) is 0 Å². The standard InChI is InChI=1S/C23H23ClN2O2S/c1-15-16(2)29-22-20(15)21(27)25(13-12-17-6-4-3-5-7-17)23(28)26(22)14-18-8-10-19(24)11-9-18/h3-11,20,22H,12-14H2,1-2H3. The van der Waals surface area contributed by atoms with Crippen molar-refractivity contribution in [3.05, 3.63) is 81.2 Å². The number of imide groups is 1. The van der Waals surface area contributed by atoms with E-state index in [1.165, 1.54) is 4.90 Å². The van der Waals surface area contributed by atoms with Crippen molar-refractivity contribution in [2.24, 2.45) is 5.92 Å². The molecule has 0 radical (unpaired) electrons. The zero-order chi connectivity index (χ0) is 20.5. The van der Waals surface area contributed by atoms with Crippen LogP contribution >= 0.6 is 23.4 Å². The molecule has 2 unspecified atom stereocenters. The first-order chi connectivity index (χ1) is 14.0. The summed E-state index contributed by atoms with van der Waals surface area (Å²) in [5.74, 6) is -0.356. The number of rotatable bonds is 5. The van der Waals surface area contributed by atoms with Crippen molar-refractivity contribution < 1.29 is 9.59 Å². The van der Waals surface area contributed by atoms with E-state index in [9.17, 15) is 9.59 Å². The van der Waals surface area contributed by atoms with Gasteiger partial charge < -0.3 is 4.90 Å². The van der Waals surface area contributed by atoms with E-state index >= 15 is 0 Å². The summed E-state index contributed by atoms with van der Waals surface area (Å²) in [4.78, 5) is 31.0. The maximum absolute atomic E-state index is 13.4. The first kappa shape index (κ1) is 20.0. The van der Waals surface area contributed by atoms with E-state index in [1.807, 2.05) is 73.3 Å². The van der Waals surface area contributed by atoms with Crippen LogP contribution in [-0.4, -0.2) is 33.7 Å². The van der Waals surface area contributed by atoms with Crippen LogP contribution in [0.25, 0.3) is 0 Å². The van der Waals surface area contributed by atoms with Gasteiger partial charge in [0.2, 0.25) is 5.91 Å². The average Bonchev–Trinajstić information content (AvgIpc) is 3.02. The Morgan fingerprint density at radius 2 is 1.66 bits per heavy atom. The molecule has 2 atom stereocenters. The van der Waals surface area contributed by atoms with Crippen molar-refractivity contribution in [1.29, 1.82) is 0 Å². The van der Waals surface area contributed by atoms with Crippen LogP contribution in [0.2, 0.25) is 5.02 Å². The van der Waals surface area contributed by atoms with E-state index in [0.29, 0.717) is 24.5 Å². The van der Waals surface area contributed by atoms with Gasteiger partial charge in [-0.2, -0.15) is 0 Å². The number of benzene rings is 2. The minimum absolute atomic E-state index is 0.0786. The van der Waals surface area contributed by atoms with Crippen LogP contribution in [0, 0.1) is 5.92 Å². The number of carbonyl (C=O) groups is 2.